The monoisotopic (exact) mass is 330 g/mol. The molecule has 2 aliphatic rings. The van der Waals surface area contributed by atoms with Crippen LogP contribution >= 0.6 is 0 Å². The molecule has 0 radical (unpaired) electrons. The van der Waals surface area contributed by atoms with Gasteiger partial charge < -0.3 is 15.0 Å². The van der Waals surface area contributed by atoms with E-state index in [0.717, 1.165) is 42.9 Å². The molecule has 5 nitrogen and oxygen atoms in total. The van der Waals surface area contributed by atoms with E-state index in [2.05, 4.69) is 5.32 Å². The molecule has 5 heteroatoms. The van der Waals surface area contributed by atoms with Crippen molar-refractivity contribution >= 4 is 17.5 Å². The molecule has 3 rings (SSSR count). The van der Waals surface area contributed by atoms with Crippen molar-refractivity contribution in [1.29, 1.82) is 0 Å². The molecule has 2 atom stereocenters. The van der Waals surface area contributed by atoms with E-state index in [-0.39, 0.29) is 11.8 Å². The molecule has 24 heavy (non-hydrogen) atoms. The van der Waals surface area contributed by atoms with Crippen LogP contribution in [-0.4, -0.2) is 36.4 Å². The summed E-state index contributed by atoms with van der Waals surface area (Å²) in [6.07, 6.45) is 2.83. The largest absolute Gasteiger partial charge is 0.491 e. The van der Waals surface area contributed by atoms with Gasteiger partial charge in [0, 0.05) is 25.9 Å². The number of anilines is 1. The second-order valence-electron chi connectivity index (χ2n) is 6.89. The topological polar surface area (TPSA) is 58.6 Å². The van der Waals surface area contributed by atoms with E-state index in [1.807, 2.05) is 36.9 Å². The molecular formula is C19H26N2O3. The SMILES string of the molecule is CCC(=O)N1CC[C@H]2CC(=O)Nc3cc(C)ccc3OCC[C@H]2C1. The average Bonchev–Trinajstić information content (AvgIpc) is 2.57. The van der Waals surface area contributed by atoms with Crippen molar-refractivity contribution in [2.24, 2.45) is 11.8 Å². The summed E-state index contributed by atoms with van der Waals surface area (Å²) >= 11 is 0. The summed E-state index contributed by atoms with van der Waals surface area (Å²) in [4.78, 5) is 26.4. The predicted octanol–water partition coefficient (Wildman–Crippen LogP) is 2.98. The number of nitrogens with zero attached hydrogens (tertiary/aromatic N) is 1. The van der Waals surface area contributed by atoms with Gasteiger partial charge >= 0.3 is 0 Å². The van der Waals surface area contributed by atoms with Crippen molar-refractivity contribution in [3.63, 3.8) is 0 Å². The lowest BCUT2D eigenvalue weighted by Gasteiger charge is -2.39. The van der Waals surface area contributed by atoms with Crippen molar-refractivity contribution < 1.29 is 14.3 Å². The number of likely N-dealkylation sites (tertiary alicyclic amines) is 1. The Balaban J connectivity index is 1.76. The number of piperidine rings is 1. The zero-order chi connectivity index (χ0) is 17.1. The van der Waals surface area contributed by atoms with Crippen LogP contribution in [0.25, 0.3) is 0 Å². The van der Waals surface area contributed by atoms with Crippen LogP contribution in [0.2, 0.25) is 0 Å². The third kappa shape index (κ3) is 3.71. The summed E-state index contributed by atoms with van der Waals surface area (Å²) in [5, 5.41) is 3.00. The van der Waals surface area contributed by atoms with E-state index in [4.69, 9.17) is 4.74 Å². The Morgan fingerprint density at radius 1 is 1.33 bits per heavy atom. The summed E-state index contributed by atoms with van der Waals surface area (Å²) in [5.41, 5.74) is 1.86. The first-order valence-corrected chi connectivity index (χ1v) is 8.88. The minimum absolute atomic E-state index is 0.0395. The van der Waals surface area contributed by atoms with Gasteiger partial charge in [0.1, 0.15) is 5.75 Å². The zero-order valence-electron chi connectivity index (χ0n) is 14.5. The molecule has 1 aromatic carbocycles. The molecule has 0 unspecified atom stereocenters. The van der Waals surface area contributed by atoms with Gasteiger partial charge in [0.15, 0.2) is 0 Å². The molecule has 1 saturated heterocycles. The Labute approximate surface area is 143 Å². The maximum atomic E-state index is 12.5. The highest BCUT2D eigenvalue weighted by molar-refractivity contribution is 5.92. The van der Waals surface area contributed by atoms with E-state index in [1.54, 1.807) is 0 Å². The first-order chi connectivity index (χ1) is 11.6. The number of fused-ring (bicyclic) bond motifs is 2. The summed E-state index contributed by atoms with van der Waals surface area (Å²) in [6, 6.07) is 5.86. The number of rotatable bonds is 1. The second kappa shape index (κ2) is 7.24. The van der Waals surface area contributed by atoms with Crippen LogP contribution in [0.4, 0.5) is 5.69 Å². The molecule has 2 heterocycles. The van der Waals surface area contributed by atoms with Crippen LogP contribution in [0, 0.1) is 18.8 Å². The molecule has 2 amide bonds. The average molecular weight is 330 g/mol. The quantitative estimate of drug-likeness (QED) is 0.861. The molecule has 0 aromatic heterocycles. The van der Waals surface area contributed by atoms with Crippen LogP contribution in [0.3, 0.4) is 0 Å². The Bertz CT molecular complexity index is 629. The van der Waals surface area contributed by atoms with Crippen molar-refractivity contribution in [2.75, 3.05) is 25.0 Å². The first kappa shape index (κ1) is 16.8. The predicted molar refractivity (Wildman–Crippen MR) is 93.0 cm³/mol. The normalized spacial score (nSPS) is 24.2. The van der Waals surface area contributed by atoms with Gasteiger partial charge in [-0.2, -0.15) is 0 Å². The molecule has 130 valence electrons. The van der Waals surface area contributed by atoms with E-state index >= 15 is 0 Å². The molecule has 1 fully saturated rings. The molecule has 0 bridgehead atoms. The Kier molecular flexibility index (Phi) is 5.07. The number of nitrogens with one attached hydrogen (secondary N) is 1. The number of carbonyl (C=O) groups is 2. The number of hydrogen-bond donors (Lipinski definition) is 1. The summed E-state index contributed by atoms with van der Waals surface area (Å²) in [6.45, 7) is 6.02. The van der Waals surface area contributed by atoms with Crippen LogP contribution in [0.15, 0.2) is 18.2 Å². The molecule has 0 spiro atoms. The summed E-state index contributed by atoms with van der Waals surface area (Å²) in [7, 11) is 0. The minimum atomic E-state index is 0.0395. The van der Waals surface area contributed by atoms with Gasteiger partial charge in [-0.25, -0.2) is 0 Å². The number of benzene rings is 1. The molecule has 0 saturated carbocycles. The first-order valence-electron chi connectivity index (χ1n) is 8.88. The van der Waals surface area contributed by atoms with Gasteiger partial charge in [0.25, 0.3) is 0 Å². The fourth-order valence-corrected chi connectivity index (χ4v) is 3.75. The van der Waals surface area contributed by atoms with Gasteiger partial charge in [-0.1, -0.05) is 13.0 Å². The lowest BCUT2D eigenvalue weighted by molar-refractivity contribution is -0.133. The van der Waals surface area contributed by atoms with Crippen molar-refractivity contribution in [3.05, 3.63) is 23.8 Å². The van der Waals surface area contributed by atoms with E-state index in [9.17, 15) is 9.59 Å². The summed E-state index contributed by atoms with van der Waals surface area (Å²) in [5.74, 6) is 1.62. The highest BCUT2D eigenvalue weighted by atomic mass is 16.5. The van der Waals surface area contributed by atoms with Gasteiger partial charge in [-0.05, 0) is 49.3 Å². The smallest absolute Gasteiger partial charge is 0.224 e. The lowest BCUT2D eigenvalue weighted by Crippen LogP contribution is -2.45. The zero-order valence-corrected chi connectivity index (χ0v) is 14.5. The number of amides is 2. The van der Waals surface area contributed by atoms with E-state index in [1.165, 1.54) is 0 Å². The molecule has 2 aliphatic heterocycles. The molecule has 1 aromatic rings. The van der Waals surface area contributed by atoms with Gasteiger partial charge in [-0.15, -0.1) is 0 Å². The second-order valence-corrected chi connectivity index (χ2v) is 6.89. The third-order valence-corrected chi connectivity index (χ3v) is 5.15. The highest BCUT2D eigenvalue weighted by Gasteiger charge is 2.32. The summed E-state index contributed by atoms with van der Waals surface area (Å²) < 4.78 is 5.92. The van der Waals surface area contributed by atoms with Crippen LogP contribution in [0.1, 0.15) is 38.2 Å². The molecule has 1 N–H and O–H groups in total. The highest BCUT2D eigenvalue weighted by Crippen LogP contribution is 2.33. The minimum Gasteiger partial charge on any atom is -0.491 e. The van der Waals surface area contributed by atoms with Gasteiger partial charge in [-0.3, -0.25) is 9.59 Å². The van der Waals surface area contributed by atoms with Crippen molar-refractivity contribution in [3.8, 4) is 5.75 Å². The molecule has 0 aliphatic carbocycles. The van der Waals surface area contributed by atoms with E-state index in [0.29, 0.717) is 31.3 Å². The lowest BCUT2D eigenvalue weighted by atomic mass is 9.81. The maximum Gasteiger partial charge on any atom is 0.224 e. The van der Waals surface area contributed by atoms with Crippen molar-refractivity contribution in [1.82, 2.24) is 4.90 Å². The van der Waals surface area contributed by atoms with Crippen LogP contribution < -0.4 is 10.1 Å². The van der Waals surface area contributed by atoms with Crippen LogP contribution in [0.5, 0.6) is 5.75 Å². The van der Waals surface area contributed by atoms with Gasteiger partial charge in [0.2, 0.25) is 11.8 Å². The maximum absolute atomic E-state index is 12.5. The standard InChI is InChI=1S/C19H26N2O3/c1-3-19(23)21-8-6-14-11-18(22)20-16-10-13(2)4-5-17(16)24-9-7-15(14)12-21/h4-5,10,14-15H,3,6-9,11-12H2,1-2H3,(H,20,22)/t14-,15-/m0/s1. The van der Waals surface area contributed by atoms with Crippen LogP contribution in [-0.2, 0) is 9.59 Å². The van der Waals surface area contributed by atoms with Gasteiger partial charge in [0.05, 0.1) is 12.3 Å². The van der Waals surface area contributed by atoms with Crippen molar-refractivity contribution in [2.45, 2.75) is 39.5 Å². The Morgan fingerprint density at radius 3 is 2.96 bits per heavy atom. The number of hydrogen-bond acceptors (Lipinski definition) is 3. The third-order valence-electron chi connectivity index (χ3n) is 5.15. The Morgan fingerprint density at radius 2 is 2.17 bits per heavy atom. The Hall–Kier alpha value is -2.04. The number of ether oxygens (including phenoxy) is 1. The fourth-order valence-electron chi connectivity index (χ4n) is 3.75. The number of aryl methyl sites for hydroxylation is 1. The fraction of sp³-hybridized carbons (Fsp3) is 0.579. The number of carbonyl (C=O) groups excluding carboxylic acids is 2. The molecular weight excluding hydrogens is 304 g/mol. The van der Waals surface area contributed by atoms with E-state index < -0.39 is 0 Å².